The molecule has 29 heavy (non-hydrogen) atoms. The predicted molar refractivity (Wildman–Crippen MR) is 115 cm³/mol. The van der Waals surface area contributed by atoms with E-state index in [-0.39, 0.29) is 5.91 Å². The van der Waals surface area contributed by atoms with Crippen molar-refractivity contribution in [3.05, 3.63) is 23.9 Å². The van der Waals surface area contributed by atoms with Gasteiger partial charge in [-0.3, -0.25) is 4.79 Å². The van der Waals surface area contributed by atoms with Crippen LogP contribution in [0.1, 0.15) is 49.0 Å². The molecular formula is C23H33N3O3. The molecule has 6 nitrogen and oxygen atoms in total. The van der Waals surface area contributed by atoms with E-state index in [4.69, 9.17) is 9.47 Å². The van der Waals surface area contributed by atoms with Crippen LogP contribution in [0, 0.1) is 0 Å². The minimum absolute atomic E-state index is 0.135. The molecular weight excluding hydrogens is 366 g/mol. The summed E-state index contributed by atoms with van der Waals surface area (Å²) in [5.74, 6) is 1.51. The van der Waals surface area contributed by atoms with E-state index < -0.39 is 0 Å². The maximum Gasteiger partial charge on any atom is 0.270 e. The minimum Gasteiger partial charge on any atom is -0.493 e. The second-order valence-corrected chi connectivity index (χ2v) is 8.31. The van der Waals surface area contributed by atoms with E-state index in [0.29, 0.717) is 17.5 Å². The van der Waals surface area contributed by atoms with Gasteiger partial charge in [0.1, 0.15) is 5.69 Å². The molecule has 0 unspecified atom stereocenters. The van der Waals surface area contributed by atoms with E-state index in [9.17, 15) is 4.79 Å². The largest absolute Gasteiger partial charge is 0.493 e. The van der Waals surface area contributed by atoms with Crippen LogP contribution in [0.15, 0.2) is 18.2 Å². The summed E-state index contributed by atoms with van der Waals surface area (Å²) < 4.78 is 13.0. The summed E-state index contributed by atoms with van der Waals surface area (Å²) in [4.78, 5) is 18.2. The van der Waals surface area contributed by atoms with Crippen LogP contribution in [-0.2, 0) is 7.05 Å². The molecule has 0 aliphatic carbocycles. The van der Waals surface area contributed by atoms with Gasteiger partial charge in [0, 0.05) is 31.6 Å². The Hall–Kier alpha value is -2.21. The molecule has 0 saturated carbocycles. The molecule has 2 fully saturated rings. The Morgan fingerprint density at radius 2 is 1.83 bits per heavy atom. The summed E-state index contributed by atoms with van der Waals surface area (Å²) in [5.41, 5.74) is 1.70. The Balaban J connectivity index is 1.59. The predicted octanol–water partition coefficient (Wildman–Crippen LogP) is 3.68. The Kier molecular flexibility index (Phi) is 5.99. The van der Waals surface area contributed by atoms with Crippen LogP contribution in [0.4, 0.5) is 0 Å². The van der Waals surface area contributed by atoms with Gasteiger partial charge in [-0.05, 0) is 69.8 Å². The van der Waals surface area contributed by atoms with E-state index in [1.54, 1.807) is 14.2 Å². The van der Waals surface area contributed by atoms with Gasteiger partial charge in [0.15, 0.2) is 11.5 Å². The van der Waals surface area contributed by atoms with Gasteiger partial charge in [-0.15, -0.1) is 0 Å². The maximum absolute atomic E-state index is 13.6. The summed E-state index contributed by atoms with van der Waals surface area (Å²) in [5, 5.41) is 0.920. The van der Waals surface area contributed by atoms with Crippen molar-refractivity contribution in [3.8, 4) is 11.5 Å². The van der Waals surface area contributed by atoms with Crippen LogP contribution >= 0.6 is 0 Å². The van der Waals surface area contributed by atoms with Gasteiger partial charge in [-0.25, -0.2) is 0 Å². The highest BCUT2D eigenvalue weighted by atomic mass is 16.5. The van der Waals surface area contributed by atoms with Gasteiger partial charge < -0.3 is 23.8 Å². The number of aryl methyl sites for hydroxylation is 1. The van der Waals surface area contributed by atoms with Gasteiger partial charge in [0.2, 0.25) is 0 Å². The first-order valence-electron chi connectivity index (χ1n) is 10.9. The average molecular weight is 400 g/mol. The number of aromatic nitrogens is 1. The summed E-state index contributed by atoms with van der Waals surface area (Å²) >= 11 is 0. The Bertz CT molecular complexity index is 870. The fourth-order valence-electron chi connectivity index (χ4n) is 4.99. The molecule has 0 spiro atoms. The molecule has 2 aromatic rings. The van der Waals surface area contributed by atoms with Crippen molar-refractivity contribution in [2.24, 2.45) is 7.05 Å². The fourth-order valence-corrected chi connectivity index (χ4v) is 4.99. The normalized spacial score (nSPS) is 20.4. The zero-order valence-corrected chi connectivity index (χ0v) is 17.9. The lowest BCUT2D eigenvalue weighted by atomic mass is 9.98. The first-order valence-corrected chi connectivity index (χ1v) is 10.9. The van der Waals surface area contributed by atoms with Crippen LogP contribution in [0.3, 0.4) is 0 Å². The fraction of sp³-hybridized carbons (Fsp3) is 0.609. The number of carbonyl (C=O) groups is 1. The molecule has 2 aliphatic heterocycles. The van der Waals surface area contributed by atoms with E-state index in [1.807, 2.05) is 29.8 Å². The lowest BCUT2D eigenvalue weighted by molar-refractivity contribution is 0.0578. The lowest BCUT2D eigenvalue weighted by Crippen LogP contribution is -2.45. The molecule has 3 heterocycles. The molecule has 1 aromatic carbocycles. The zero-order chi connectivity index (χ0) is 20.4. The number of nitrogens with zero attached hydrogens (tertiary/aromatic N) is 3. The average Bonchev–Trinajstić information content (AvgIpc) is 3.39. The molecule has 1 aromatic heterocycles. The van der Waals surface area contributed by atoms with E-state index in [2.05, 4.69) is 9.80 Å². The number of hydrogen-bond donors (Lipinski definition) is 0. The third kappa shape index (κ3) is 3.82. The van der Waals surface area contributed by atoms with Crippen molar-refractivity contribution < 1.29 is 14.3 Å². The summed E-state index contributed by atoms with van der Waals surface area (Å²) in [6.07, 6.45) is 7.12. The van der Waals surface area contributed by atoms with Gasteiger partial charge >= 0.3 is 0 Å². The number of hydrogen-bond acceptors (Lipinski definition) is 4. The van der Waals surface area contributed by atoms with Crippen molar-refractivity contribution >= 4 is 16.8 Å². The molecule has 4 rings (SSSR count). The lowest BCUT2D eigenvalue weighted by Gasteiger charge is -2.36. The van der Waals surface area contributed by atoms with Crippen molar-refractivity contribution in [1.82, 2.24) is 14.4 Å². The summed E-state index contributed by atoms with van der Waals surface area (Å²) in [7, 11) is 5.24. The summed E-state index contributed by atoms with van der Waals surface area (Å²) in [6.45, 7) is 4.39. The van der Waals surface area contributed by atoms with Gasteiger partial charge in [-0.1, -0.05) is 0 Å². The smallest absolute Gasteiger partial charge is 0.270 e. The van der Waals surface area contributed by atoms with Crippen LogP contribution in [0.25, 0.3) is 10.9 Å². The van der Waals surface area contributed by atoms with Gasteiger partial charge in [0.25, 0.3) is 5.91 Å². The molecule has 0 bridgehead atoms. The maximum atomic E-state index is 13.6. The van der Waals surface area contributed by atoms with Crippen LogP contribution in [0.2, 0.25) is 0 Å². The molecule has 2 aliphatic rings. The Morgan fingerprint density at radius 3 is 2.55 bits per heavy atom. The first kappa shape index (κ1) is 20.1. The quantitative estimate of drug-likeness (QED) is 0.744. The molecule has 158 valence electrons. The van der Waals surface area contributed by atoms with Crippen molar-refractivity contribution in [3.63, 3.8) is 0 Å². The van der Waals surface area contributed by atoms with Crippen LogP contribution in [-0.4, -0.2) is 66.7 Å². The number of piperidine rings is 1. The highest BCUT2D eigenvalue weighted by Gasteiger charge is 2.30. The van der Waals surface area contributed by atoms with Gasteiger partial charge in [0.05, 0.1) is 19.7 Å². The Labute approximate surface area is 173 Å². The highest BCUT2D eigenvalue weighted by molar-refractivity contribution is 6.01. The van der Waals surface area contributed by atoms with E-state index in [0.717, 1.165) is 48.9 Å². The zero-order valence-electron chi connectivity index (χ0n) is 17.9. The molecule has 0 radical (unpaired) electrons. The molecule has 1 atom stereocenters. The van der Waals surface area contributed by atoms with Crippen LogP contribution < -0.4 is 9.47 Å². The second-order valence-electron chi connectivity index (χ2n) is 8.31. The van der Waals surface area contributed by atoms with Gasteiger partial charge in [-0.2, -0.15) is 0 Å². The third-order valence-corrected chi connectivity index (χ3v) is 6.65. The van der Waals surface area contributed by atoms with Crippen LogP contribution in [0.5, 0.6) is 11.5 Å². The molecule has 6 heteroatoms. The van der Waals surface area contributed by atoms with E-state index >= 15 is 0 Å². The third-order valence-electron chi connectivity index (χ3n) is 6.65. The molecule has 0 N–H and O–H groups in total. The second kappa shape index (κ2) is 8.66. The van der Waals surface area contributed by atoms with Crippen molar-refractivity contribution in [2.75, 3.05) is 40.4 Å². The number of amides is 1. The van der Waals surface area contributed by atoms with Crippen molar-refractivity contribution in [1.29, 1.82) is 0 Å². The highest BCUT2D eigenvalue weighted by Crippen LogP contribution is 2.37. The molecule has 2 saturated heterocycles. The number of likely N-dealkylation sites (tertiary alicyclic amines) is 2. The number of methoxy groups -OCH3 is 2. The first-order chi connectivity index (χ1) is 14.1. The topological polar surface area (TPSA) is 46.9 Å². The van der Waals surface area contributed by atoms with E-state index in [1.165, 1.54) is 32.4 Å². The Morgan fingerprint density at radius 1 is 1.07 bits per heavy atom. The minimum atomic E-state index is 0.135. The van der Waals surface area contributed by atoms with Crippen molar-refractivity contribution in [2.45, 2.75) is 44.6 Å². The number of rotatable bonds is 6. The number of carbonyl (C=O) groups excluding carboxylic acids is 1. The summed E-state index contributed by atoms with van der Waals surface area (Å²) in [6, 6.07) is 6.20. The molecule has 1 amide bonds. The number of benzene rings is 1. The number of fused-ring (bicyclic) bond motifs is 1. The number of ether oxygens (including phenoxy) is 2. The monoisotopic (exact) mass is 399 g/mol. The SMILES string of the molecule is COc1ccc2c(cc(C(=O)N3CCCC[C@@H]3CCN3CCCC3)n2C)c1OC. The standard InChI is InChI=1S/C23H33N3O3/c1-24-19-9-10-21(28-2)22(29-3)18(19)16-20(24)23(27)26-14-5-4-8-17(26)11-15-25-12-6-7-13-25/h9-10,16-17H,4-8,11-15H2,1-3H3/t17-/m1/s1.